The number of aliphatic hydroxyl groups is 2. The second-order valence-electron chi connectivity index (χ2n) is 14.1. The van der Waals surface area contributed by atoms with Crippen molar-refractivity contribution in [2.75, 3.05) is 13.7 Å². The van der Waals surface area contributed by atoms with E-state index < -0.39 is 11.7 Å². The SMILES string of the molecule is CO[C@@H]1[C@@H](C)[C@H](O[C@H]2CC[C@]3(C)C4CC[C@]5(C)[C@@H](C6=CC(=O)OC6)CC[C@]5(O)[C@@H]4CC[C@H]3C2)O[C@H](C)[C@@H]1O. The Hall–Kier alpha value is -0.990. The number of aliphatic hydroxyl groups excluding tert-OH is 1. The minimum atomic E-state index is -0.675. The van der Waals surface area contributed by atoms with Gasteiger partial charge in [0.15, 0.2) is 6.29 Å². The van der Waals surface area contributed by atoms with E-state index in [1.165, 1.54) is 0 Å². The van der Waals surface area contributed by atoms with Gasteiger partial charge in [-0.1, -0.05) is 20.8 Å². The molecule has 214 valence electrons. The number of esters is 1. The van der Waals surface area contributed by atoms with Crippen LogP contribution in [0.2, 0.25) is 0 Å². The van der Waals surface area contributed by atoms with E-state index in [2.05, 4.69) is 13.8 Å². The maximum atomic E-state index is 12.4. The fraction of sp³-hybridized carbons (Fsp3) is 0.903. The number of carbonyl (C=O) groups is 1. The first-order chi connectivity index (χ1) is 18.0. The molecule has 1 saturated heterocycles. The van der Waals surface area contributed by atoms with Crippen molar-refractivity contribution < 1.29 is 34.0 Å². The summed E-state index contributed by atoms with van der Waals surface area (Å²) in [4.78, 5) is 11.8. The second-order valence-corrected chi connectivity index (χ2v) is 14.1. The van der Waals surface area contributed by atoms with Gasteiger partial charge in [0.2, 0.25) is 0 Å². The number of ether oxygens (including phenoxy) is 4. The lowest BCUT2D eigenvalue weighted by molar-refractivity contribution is -0.296. The van der Waals surface area contributed by atoms with Crippen LogP contribution >= 0.6 is 0 Å². The molecular weight excluding hydrogens is 484 g/mol. The zero-order chi connectivity index (χ0) is 27.0. The highest BCUT2D eigenvalue weighted by Crippen LogP contribution is 2.70. The van der Waals surface area contributed by atoms with Gasteiger partial charge in [-0.05, 0) is 99.4 Å². The van der Waals surface area contributed by atoms with Crippen molar-refractivity contribution in [3.05, 3.63) is 11.6 Å². The predicted octanol–water partition coefficient (Wildman–Crippen LogP) is 4.39. The number of rotatable bonds is 4. The average molecular weight is 533 g/mol. The van der Waals surface area contributed by atoms with Crippen LogP contribution in [0.3, 0.4) is 0 Å². The molecular formula is C31H48O7. The highest BCUT2D eigenvalue weighted by atomic mass is 16.7. The smallest absolute Gasteiger partial charge is 0.331 e. The molecule has 5 fully saturated rings. The Morgan fingerprint density at radius 3 is 2.53 bits per heavy atom. The number of cyclic esters (lactones) is 1. The van der Waals surface area contributed by atoms with Crippen molar-refractivity contribution in [1.29, 1.82) is 0 Å². The normalized spacial score (nSPS) is 54.5. The molecule has 0 radical (unpaired) electrons. The van der Waals surface area contributed by atoms with Crippen molar-refractivity contribution in [3.63, 3.8) is 0 Å². The van der Waals surface area contributed by atoms with Crippen LogP contribution < -0.4 is 0 Å². The highest BCUT2D eigenvalue weighted by Gasteiger charge is 2.67. The van der Waals surface area contributed by atoms with Crippen LogP contribution in [0.4, 0.5) is 0 Å². The second kappa shape index (κ2) is 9.54. The third-order valence-electron chi connectivity index (χ3n) is 12.6. The molecule has 4 aliphatic carbocycles. The maximum Gasteiger partial charge on any atom is 0.331 e. The molecule has 2 aliphatic heterocycles. The molecule has 0 aromatic carbocycles. The molecule has 2 N–H and O–H groups in total. The Bertz CT molecular complexity index is 966. The number of carbonyl (C=O) groups excluding carboxylic acids is 1. The molecule has 6 aliphatic rings. The first-order valence-electron chi connectivity index (χ1n) is 15.1. The summed E-state index contributed by atoms with van der Waals surface area (Å²) in [6.07, 6.45) is 9.51. The maximum absolute atomic E-state index is 12.4. The van der Waals surface area contributed by atoms with Crippen molar-refractivity contribution in [3.8, 4) is 0 Å². The van der Waals surface area contributed by atoms with E-state index in [9.17, 15) is 15.0 Å². The Morgan fingerprint density at radius 2 is 1.82 bits per heavy atom. The van der Waals surface area contributed by atoms with Gasteiger partial charge in [-0.2, -0.15) is 0 Å². The summed E-state index contributed by atoms with van der Waals surface area (Å²) in [5.41, 5.74) is 0.444. The molecule has 13 atom stereocenters. The van der Waals surface area contributed by atoms with Gasteiger partial charge in [0, 0.05) is 24.5 Å². The Labute approximate surface area is 227 Å². The van der Waals surface area contributed by atoms with Crippen LogP contribution in [-0.4, -0.2) is 66.2 Å². The van der Waals surface area contributed by atoms with E-state index in [-0.39, 0.29) is 53.2 Å². The molecule has 0 amide bonds. The fourth-order valence-electron chi connectivity index (χ4n) is 10.3. The Balaban J connectivity index is 1.16. The largest absolute Gasteiger partial charge is 0.458 e. The summed E-state index contributed by atoms with van der Waals surface area (Å²) in [5.74, 6) is 1.39. The molecule has 7 nitrogen and oxygen atoms in total. The molecule has 2 heterocycles. The van der Waals surface area contributed by atoms with Crippen LogP contribution in [0.1, 0.15) is 85.5 Å². The first kappa shape index (κ1) is 27.2. The van der Waals surface area contributed by atoms with Crippen LogP contribution in [0.5, 0.6) is 0 Å². The van der Waals surface area contributed by atoms with E-state index >= 15 is 0 Å². The van der Waals surface area contributed by atoms with Crippen molar-refractivity contribution in [2.24, 2.45) is 40.4 Å². The minimum Gasteiger partial charge on any atom is -0.458 e. The Morgan fingerprint density at radius 1 is 1.03 bits per heavy atom. The predicted molar refractivity (Wildman–Crippen MR) is 141 cm³/mol. The van der Waals surface area contributed by atoms with Crippen molar-refractivity contribution in [2.45, 2.75) is 122 Å². The lowest BCUT2D eigenvalue weighted by Gasteiger charge is -2.64. The number of methoxy groups -OCH3 is 1. The lowest BCUT2D eigenvalue weighted by atomic mass is 9.43. The number of fused-ring (bicyclic) bond motifs is 5. The Kier molecular flexibility index (Phi) is 6.83. The average Bonchev–Trinajstić information content (AvgIpc) is 3.43. The molecule has 0 spiro atoms. The van der Waals surface area contributed by atoms with Crippen molar-refractivity contribution >= 4 is 5.97 Å². The molecule has 0 bridgehead atoms. The molecule has 7 heteroatoms. The summed E-state index contributed by atoms with van der Waals surface area (Å²) in [7, 11) is 1.65. The standard InChI is InChI=1S/C31H48O7/c1-17-27(35-5)26(33)18(2)37-28(17)38-21-8-11-29(3)20(15-21)6-7-24-23(29)9-12-30(4)22(10-13-31(24,30)34)19-14-25(32)36-16-19/h14,17-18,20-24,26-28,33-34H,6-13,15-16H2,1-5H3/t17-,18-,20+,21+,22-,23?,24-,26+,27-,28+,29+,30-,31+/m1/s1. The third-order valence-corrected chi connectivity index (χ3v) is 12.6. The summed E-state index contributed by atoms with van der Waals surface area (Å²) >= 11 is 0. The first-order valence-corrected chi connectivity index (χ1v) is 15.1. The van der Waals surface area contributed by atoms with E-state index in [4.69, 9.17) is 18.9 Å². The quantitative estimate of drug-likeness (QED) is 0.410. The van der Waals surface area contributed by atoms with Crippen molar-refractivity contribution in [1.82, 2.24) is 0 Å². The van der Waals surface area contributed by atoms with E-state index in [1.807, 2.05) is 13.8 Å². The minimum absolute atomic E-state index is 0.0356. The third kappa shape index (κ3) is 3.89. The van der Waals surface area contributed by atoms with Gasteiger partial charge in [-0.3, -0.25) is 0 Å². The fourth-order valence-corrected chi connectivity index (χ4v) is 10.3. The van der Waals surface area contributed by atoms with Gasteiger partial charge in [-0.25, -0.2) is 4.79 Å². The summed E-state index contributed by atoms with van der Waals surface area (Å²) in [5, 5.41) is 22.9. The summed E-state index contributed by atoms with van der Waals surface area (Å²) < 4.78 is 23.6. The van der Waals surface area contributed by atoms with Gasteiger partial charge in [0.25, 0.3) is 0 Å². The molecule has 4 saturated carbocycles. The molecule has 0 aromatic heterocycles. The van der Waals surface area contributed by atoms with E-state index in [0.717, 1.165) is 63.4 Å². The zero-order valence-corrected chi connectivity index (χ0v) is 23.9. The van der Waals surface area contributed by atoms with Crippen LogP contribution in [0.15, 0.2) is 11.6 Å². The van der Waals surface area contributed by atoms with Gasteiger partial charge >= 0.3 is 5.97 Å². The van der Waals surface area contributed by atoms with Gasteiger partial charge in [-0.15, -0.1) is 0 Å². The van der Waals surface area contributed by atoms with Gasteiger partial charge < -0.3 is 29.2 Å². The van der Waals surface area contributed by atoms with Gasteiger partial charge in [0.05, 0.1) is 23.9 Å². The topological polar surface area (TPSA) is 94.5 Å². The lowest BCUT2D eigenvalue weighted by Crippen LogP contribution is -2.62. The number of hydrogen-bond donors (Lipinski definition) is 2. The summed E-state index contributed by atoms with van der Waals surface area (Å²) in [6, 6.07) is 0. The van der Waals surface area contributed by atoms with Gasteiger partial charge in [0.1, 0.15) is 12.7 Å². The van der Waals surface area contributed by atoms with E-state index in [0.29, 0.717) is 24.4 Å². The highest BCUT2D eigenvalue weighted by molar-refractivity contribution is 5.85. The monoisotopic (exact) mass is 532 g/mol. The van der Waals surface area contributed by atoms with Crippen LogP contribution in [0.25, 0.3) is 0 Å². The molecule has 6 rings (SSSR count). The molecule has 38 heavy (non-hydrogen) atoms. The summed E-state index contributed by atoms with van der Waals surface area (Å²) in [6.45, 7) is 9.12. The van der Waals surface area contributed by atoms with E-state index in [1.54, 1.807) is 13.2 Å². The molecule has 0 aromatic rings. The van der Waals surface area contributed by atoms with Crippen LogP contribution in [0, 0.1) is 40.4 Å². The molecule has 1 unspecified atom stereocenters. The van der Waals surface area contributed by atoms with Crippen LogP contribution in [-0.2, 0) is 23.7 Å². The zero-order valence-electron chi connectivity index (χ0n) is 23.9. The number of hydrogen-bond acceptors (Lipinski definition) is 7.